The number of likely N-dealkylation sites (tertiary alicyclic amines) is 1. The van der Waals surface area contributed by atoms with Gasteiger partial charge in [0.25, 0.3) is 5.91 Å². The first-order valence-corrected chi connectivity index (χ1v) is 8.58. The third-order valence-corrected chi connectivity index (χ3v) is 5.52. The van der Waals surface area contributed by atoms with Crippen LogP contribution in [0.5, 0.6) is 0 Å². The number of aromatic nitrogens is 1. The van der Waals surface area contributed by atoms with Gasteiger partial charge in [0.05, 0.1) is 11.1 Å². The van der Waals surface area contributed by atoms with Crippen LogP contribution in [0.2, 0.25) is 0 Å². The van der Waals surface area contributed by atoms with E-state index in [2.05, 4.69) is 28.5 Å². The van der Waals surface area contributed by atoms with E-state index < -0.39 is 0 Å². The molecule has 5 rings (SSSR count). The fourth-order valence-electron chi connectivity index (χ4n) is 4.28. The zero-order chi connectivity index (χ0) is 16.1. The van der Waals surface area contributed by atoms with Crippen molar-refractivity contribution >= 4 is 52.4 Å². The third kappa shape index (κ3) is 2.92. The minimum absolute atomic E-state index is 0. The number of benzene rings is 2. The summed E-state index contributed by atoms with van der Waals surface area (Å²) in [6.45, 7) is 3.78. The van der Waals surface area contributed by atoms with Gasteiger partial charge in [-0.1, -0.05) is 30.3 Å². The lowest BCUT2D eigenvalue weighted by Gasteiger charge is -2.19. The maximum Gasteiger partial charge on any atom is 0.256 e. The molecule has 2 atom stereocenters. The van der Waals surface area contributed by atoms with Crippen molar-refractivity contribution in [2.75, 3.05) is 26.2 Å². The Balaban J connectivity index is 0.000000980. The molecule has 0 radical (unpaired) electrons. The van der Waals surface area contributed by atoms with Crippen molar-refractivity contribution in [1.29, 1.82) is 0 Å². The smallest absolute Gasteiger partial charge is 0.256 e. The van der Waals surface area contributed by atoms with Crippen molar-refractivity contribution in [3.05, 3.63) is 54.2 Å². The maximum absolute atomic E-state index is 13.2. The molecule has 3 aromatic rings. The zero-order valence-electron chi connectivity index (χ0n) is 14.2. The molecule has 1 N–H and O–H groups in total. The molecule has 2 saturated heterocycles. The predicted molar refractivity (Wildman–Crippen MR) is 109 cm³/mol. The van der Waals surface area contributed by atoms with Crippen molar-refractivity contribution in [1.82, 2.24) is 15.2 Å². The molecule has 1 aromatic heterocycles. The molecule has 4 nitrogen and oxygen atoms in total. The Morgan fingerprint density at radius 2 is 1.69 bits per heavy atom. The number of pyridine rings is 1. The molecule has 2 fully saturated rings. The Morgan fingerprint density at radius 1 is 1.00 bits per heavy atom. The predicted octanol–water partition coefficient (Wildman–Crippen LogP) is 3.52. The van der Waals surface area contributed by atoms with Crippen LogP contribution >= 0.6 is 24.8 Å². The van der Waals surface area contributed by atoms with Gasteiger partial charge < -0.3 is 10.2 Å². The van der Waals surface area contributed by atoms with Gasteiger partial charge in [-0.15, -0.1) is 24.8 Å². The van der Waals surface area contributed by atoms with E-state index >= 15 is 0 Å². The SMILES string of the molecule is Cl.Cl.O=C(c1cc2ccccc2c2cccnc12)N1C[C@H]2CNC[C@H]2C1. The second-order valence-corrected chi connectivity index (χ2v) is 6.93. The first kappa shape index (κ1) is 18.9. The summed E-state index contributed by atoms with van der Waals surface area (Å²) in [6.07, 6.45) is 1.77. The largest absolute Gasteiger partial charge is 0.338 e. The lowest BCUT2D eigenvalue weighted by molar-refractivity contribution is 0.0783. The number of hydrogen-bond acceptors (Lipinski definition) is 3. The molecular weight excluding hydrogens is 369 g/mol. The van der Waals surface area contributed by atoms with Crippen molar-refractivity contribution in [2.45, 2.75) is 0 Å². The summed E-state index contributed by atoms with van der Waals surface area (Å²) in [7, 11) is 0. The fraction of sp³-hybridized carbons (Fsp3) is 0.300. The maximum atomic E-state index is 13.2. The first-order valence-electron chi connectivity index (χ1n) is 8.58. The molecule has 0 saturated carbocycles. The van der Waals surface area contributed by atoms with Gasteiger partial charge in [0.1, 0.15) is 0 Å². The summed E-state index contributed by atoms with van der Waals surface area (Å²) in [5.41, 5.74) is 1.55. The lowest BCUT2D eigenvalue weighted by atomic mass is 10.00. The molecule has 6 heteroatoms. The van der Waals surface area contributed by atoms with Gasteiger partial charge in [-0.25, -0.2) is 0 Å². The monoisotopic (exact) mass is 389 g/mol. The number of carbonyl (C=O) groups excluding carboxylic acids is 1. The topological polar surface area (TPSA) is 45.2 Å². The van der Waals surface area contributed by atoms with E-state index in [-0.39, 0.29) is 30.7 Å². The van der Waals surface area contributed by atoms with Crippen molar-refractivity contribution < 1.29 is 4.79 Å². The summed E-state index contributed by atoms with van der Waals surface area (Å²) < 4.78 is 0. The van der Waals surface area contributed by atoms with E-state index in [9.17, 15) is 4.79 Å². The van der Waals surface area contributed by atoms with E-state index in [0.29, 0.717) is 11.8 Å². The van der Waals surface area contributed by atoms with E-state index in [0.717, 1.165) is 53.4 Å². The number of nitrogens with zero attached hydrogens (tertiary/aromatic N) is 2. The zero-order valence-corrected chi connectivity index (χ0v) is 15.9. The average Bonchev–Trinajstić information content (AvgIpc) is 3.22. The molecule has 136 valence electrons. The van der Waals surface area contributed by atoms with E-state index in [1.54, 1.807) is 6.20 Å². The van der Waals surface area contributed by atoms with Crippen LogP contribution < -0.4 is 5.32 Å². The highest BCUT2D eigenvalue weighted by atomic mass is 35.5. The van der Waals surface area contributed by atoms with Gasteiger partial charge in [-0.3, -0.25) is 9.78 Å². The number of amides is 1. The van der Waals surface area contributed by atoms with Crippen molar-refractivity contribution in [3.8, 4) is 0 Å². The van der Waals surface area contributed by atoms with Crippen LogP contribution in [0.25, 0.3) is 21.7 Å². The summed E-state index contributed by atoms with van der Waals surface area (Å²) in [5, 5.41) is 6.73. The van der Waals surface area contributed by atoms with Crippen molar-refractivity contribution in [3.63, 3.8) is 0 Å². The van der Waals surface area contributed by atoms with E-state index in [1.165, 1.54) is 0 Å². The standard InChI is InChI=1S/C20H19N3O.2ClH/c24-20(23-11-14-9-21-10-15(14)12-23)18-8-13-4-1-2-5-16(13)17-6-3-7-22-19(17)18;;/h1-8,14-15,21H,9-12H2;2*1H/t14-,15+;;. The molecular formula is C20H21Cl2N3O. The molecule has 1 amide bonds. The Kier molecular flexibility index (Phi) is 5.37. The Labute approximate surface area is 164 Å². The van der Waals surface area contributed by atoms with Gasteiger partial charge >= 0.3 is 0 Å². The highest BCUT2D eigenvalue weighted by Gasteiger charge is 2.38. The number of rotatable bonds is 1. The molecule has 0 bridgehead atoms. The van der Waals surface area contributed by atoms with Gasteiger partial charge in [0.2, 0.25) is 0 Å². The molecule has 3 heterocycles. The molecule has 0 aliphatic carbocycles. The molecule has 2 aliphatic heterocycles. The second kappa shape index (κ2) is 7.39. The van der Waals surface area contributed by atoms with Crippen LogP contribution in [-0.4, -0.2) is 42.0 Å². The third-order valence-electron chi connectivity index (χ3n) is 5.52. The number of nitrogens with one attached hydrogen (secondary N) is 1. The van der Waals surface area contributed by atoms with Crippen LogP contribution in [0.3, 0.4) is 0 Å². The van der Waals surface area contributed by atoms with Crippen LogP contribution in [0, 0.1) is 11.8 Å². The summed E-state index contributed by atoms with van der Waals surface area (Å²) in [4.78, 5) is 19.8. The second-order valence-electron chi connectivity index (χ2n) is 6.93. The van der Waals surface area contributed by atoms with Crippen molar-refractivity contribution in [2.24, 2.45) is 11.8 Å². The average molecular weight is 390 g/mol. The lowest BCUT2D eigenvalue weighted by Crippen LogP contribution is -2.32. The van der Waals surface area contributed by atoms with Gasteiger partial charge in [0, 0.05) is 37.8 Å². The number of carbonyl (C=O) groups is 1. The molecule has 26 heavy (non-hydrogen) atoms. The van der Waals surface area contributed by atoms with Gasteiger partial charge in [-0.05, 0) is 34.7 Å². The molecule has 0 unspecified atom stereocenters. The van der Waals surface area contributed by atoms with Crippen LogP contribution in [0.15, 0.2) is 48.7 Å². The number of hydrogen-bond donors (Lipinski definition) is 1. The number of halogens is 2. The minimum Gasteiger partial charge on any atom is -0.338 e. The van der Waals surface area contributed by atoms with Gasteiger partial charge in [0.15, 0.2) is 0 Å². The van der Waals surface area contributed by atoms with E-state index in [4.69, 9.17) is 0 Å². The Bertz CT molecular complexity index is 950. The quantitative estimate of drug-likeness (QED) is 0.647. The fourth-order valence-corrected chi connectivity index (χ4v) is 4.28. The Hall–Kier alpha value is -1.88. The first-order chi connectivity index (χ1) is 11.8. The molecule has 0 spiro atoms. The van der Waals surface area contributed by atoms with Crippen LogP contribution in [0.4, 0.5) is 0 Å². The highest BCUT2D eigenvalue weighted by Crippen LogP contribution is 2.31. The van der Waals surface area contributed by atoms with Gasteiger partial charge in [-0.2, -0.15) is 0 Å². The number of fused-ring (bicyclic) bond motifs is 4. The van der Waals surface area contributed by atoms with Crippen LogP contribution in [-0.2, 0) is 0 Å². The van der Waals surface area contributed by atoms with Crippen LogP contribution in [0.1, 0.15) is 10.4 Å². The Morgan fingerprint density at radius 3 is 2.46 bits per heavy atom. The summed E-state index contributed by atoms with van der Waals surface area (Å²) in [5.74, 6) is 1.33. The van der Waals surface area contributed by atoms with E-state index in [1.807, 2.05) is 29.2 Å². The highest BCUT2D eigenvalue weighted by molar-refractivity contribution is 6.15. The minimum atomic E-state index is 0. The molecule has 2 aliphatic rings. The summed E-state index contributed by atoms with van der Waals surface area (Å²) in [6, 6.07) is 14.2. The molecule has 2 aromatic carbocycles. The summed E-state index contributed by atoms with van der Waals surface area (Å²) >= 11 is 0. The normalized spacial score (nSPS) is 21.3.